The van der Waals surface area contributed by atoms with Gasteiger partial charge in [0.05, 0.1) is 0 Å². The Morgan fingerprint density at radius 2 is 2.00 bits per heavy atom. The van der Waals surface area contributed by atoms with E-state index in [9.17, 15) is 0 Å². The summed E-state index contributed by atoms with van der Waals surface area (Å²) >= 11 is 0. The molecule has 1 nitrogen and oxygen atoms in total. The molecule has 0 aromatic heterocycles. The van der Waals surface area contributed by atoms with Crippen molar-refractivity contribution < 1.29 is 0 Å². The predicted molar refractivity (Wildman–Crippen MR) is 65.5 cm³/mol. The normalized spacial score (nSPS) is 14.6. The molecule has 0 saturated carbocycles. The summed E-state index contributed by atoms with van der Waals surface area (Å²) in [5.74, 6) is 0.703. The van der Waals surface area contributed by atoms with Gasteiger partial charge in [-0.15, -0.1) is 0 Å². The second-order valence-corrected chi connectivity index (χ2v) is 3.89. The molecule has 0 bridgehead atoms. The molecule has 0 radical (unpaired) electrons. The third kappa shape index (κ3) is 8.06. The lowest BCUT2D eigenvalue weighted by Gasteiger charge is -2.15. The first-order valence-corrected chi connectivity index (χ1v) is 5.67. The maximum Gasteiger partial charge on any atom is -0.00164 e. The summed E-state index contributed by atoms with van der Waals surface area (Å²) in [5, 5.41) is 0. The van der Waals surface area contributed by atoms with E-state index in [0.717, 1.165) is 13.0 Å². The van der Waals surface area contributed by atoms with Crippen molar-refractivity contribution in [2.24, 2.45) is 5.92 Å². The van der Waals surface area contributed by atoms with E-state index in [1.54, 1.807) is 0 Å². The third-order valence-corrected chi connectivity index (χ3v) is 2.48. The van der Waals surface area contributed by atoms with Crippen molar-refractivity contribution in [3.8, 4) is 0 Å². The Labute approximate surface area is 89.5 Å². The van der Waals surface area contributed by atoms with Gasteiger partial charge in [0.2, 0.25) is 0 Å². The number of nitrogens with zero attached hydrogens (tertiary/aromatic N) is 1. The Balaban J connectivity index is 3.53. The van der Waals surface area contributed by atoms with E-state index in [2.05, 4.69) is 57.0 Å². The minimum atomic E-state index is 0.703. The molecule has 0 heterocycles. The van der Waals surface area contributed by atoms with Crippen molar-refractivity contribution in [3.05, 3.63) is 24.3 Å². The quantitative estimate of drug-likeness (QED) is 0.562. The number of hydrogen-bond donors (Lipinski definition) is 0. The molecule has 0 aliphatic rings. The summed E-state index contributed by atoms with van der Waals surface area (Å²) < 4.78 is 0. The van der Waals surface area contributed by atoms with Gasteiger partial charge in [0, 0.05) is 0 Å². The zero-order valence-electron chi connectivity index (χ0n) is 10.2. The van der Waals surface area contributed by atoms with Crippen LogP contribution in [0.3, 0.4) is 0 Å². The molecule has 0 aliphatic heterocycles. The summed E-state index contributed by atoms with van der Waals surface area (Å²) in [5.41, 5.74) is 0. The Morgan fingerprint density at radius 1 is 1.29 bits per heavy atom. The van der Waals surface area contributed by atoms with Gasteiger partial charge in [0.1, 0.15) is 0 Å². The van der Waals surface area contributed by atoms with Crippen molar-refractivity contribution in [1.29, 1.82) is 0 Å². The van der Waals surface area contributed by atoms with Crippen molar-refractivity contribution in [2.45, 2.75) is 33.6 Å². The lowest BCUT2D eigenvalue weighted by Crippen LogP contribution is -2.20. The Hall–Kier alpha value is -0.560. The van der Waals surface area contributed by atoms with Crippen molar-refractivity contribution in [3.63, 3.8) is 0 Å². The summed E-state index contributed by atoms with van der Waals surface area (Å²) in [6.07, 6.45) is 11.2. The van der Waals surface area contributed by atoms with Gasteiger partial charge < -0.3 is 4.90 Å². The minimum absolute atomic E-state index is 0.703. The van der Waals surface area contributed by atoms with E-state index >= 15 is 0 Å². The second-order valence-electron chi connectivity index (χ2n) is 3.89. The van der Waals surface area contributed by atoms with Gasteiger partial charge >= 0.3 is 0 Å². The standard InChI is InChI=1S/C13H25N/c1-5-7-8-9-10-13(3)11-12-14(4)6-2/h5,7,9-10,13H,6,8,11-12H2,1-4H3/b7-5-,10-9-. The van der Waals surface area contributed by atoms with E-state index in [1.807, 2.05) is 0 Å². The highest BCUT2D eigenvalue weighted by Crippen LogP contribution is 2.05. The third-order valence-electron chi connectivity index (χ3n) is 2.48. The summed E-state index contributed by atoms with van der Waals surface area (Å²) in [6, 6.07) is 0. The molecule has 0 rings (SSSR count). The van der Waals surface area contributed by atoms with E-state index in [-0.39, 0.29) is 0 Å². The van der Waals surface area contributed by atoms with Gasteiger partial charge in [-0.2, -0.15) is 0 Å². The number of rotatable bonds is 7. The van der Waals surface area contributed by atoms with E-state index < -0.39 is 0 Å². The molecule has 14 heavy (non-hydrogen) atoms. The predicted octanol–water partition coefficient (Wildman–Crippen LogP) is 3.49. The highest BCUT2D eigenvalue weighted by Gasteiger charge is 1.98. The number of allylic oxidation sites excluding steroid dienone is 4. The van der Waals surface area contributed by atoms with Gasteiger partial charge in [0.25, 0.3) is 0 Å². The van der Waals surface area contributed by atoms with Crippen molar-refractivity contribution in [1.82, 2.24) is 4.90 Å². The van der Waals surface area contributed by atoms with Crippen molar-refractivity contribution >= 4 is 0 Å². The van der Waals surface area contributed by atoms with E-state index in [0.29, 0.717) is 5.92 Å². The van der Waals surface area contributed by atoms with Gasteiger partial charge in [-0.25, -0.2) is 0 Å². The molecule has 1 heteroatoms. The molecular weight excluding hydrogens is 170 g/mol. The molecule has 1 atom stereocenters. The van der Waals surface area contributed by atoms with Crippen LogP contribution in [0.2, 0.25) is 0 Å². The first-order valence-electron chi connectivity index (χ1n) is 5.67. The monoisotopic (exact) mass is 195 g/mol. The fourth-order valence-corrected chi connectivity index (χ4v) is 1.20. The van der Waals surface area contributed by atoms with Crippen LogP contribution in [-0.2, 0) is 0 Å². The molecule has 0 aromatic carbocycles. The van der Waals surface area contributed by atoms with Gasteiger partial charge in [-0.1, -0.05) is 38.2 Å². The lowest BCUT2D eigenvalue weighted by molar-refractivity contribution is 0.332. The fraction of sp³-hybridized carbons (Fsp3) is 0.692. The molecule has 0 fully saturated rings. The Kier molecular flexibility index (Phi) is 8.65. The van der Waals surface area contributed by atoms with Gasteiger partial charge in [-0.3, -0.25) is 0 Å². The van der Waals surface area contributed by atoms with Crippen LogP contribution in [0.25, 0.3) is 0 Å². The molecular formula is C13H25N. The van der Waals surface area contributed by atoms with Gasteiger partial charge in [0.15, 0.2) is 0 Å². The van der Waals surface area contributed by atoms with Crippen LogP contribution >= 0.6 is 0 Å². The molecule has 0 amide bonds. The molecule has 0 aliphatic carbocycles. The molecule has 0 N–H and O–H groups in total. The zero-order chi connectivity index (χ0) is 10.8. The summed E-state index contributed by atoms with van der Waals surface area (Å²) in [7, 11) is 2.18. The van der Waals surface area contributed by atoms with Crippen LogP contribution in [0, 0.1) is 5.92 Å². The first kappa shape index (κ1) is 13.4. The summed E-state index contributed by atoms with van der Waals surface area (Å²) in [4.78, 5) is 2.36. The van der Waals surface area contributed by atoms with Crippen LogP contribution < -0.4 is 0 Å². The van der Waals surface area contributed by atoms with E-state index in [4.69, 9.17) is 0 Å². The topological polar surface area (TPSA) is 3.24 Å². The molecule has 1 unspecified atom stereocenters. The average Bonchev–Trinajstić information content (AvgIpc) is 2.21. The maximum absolute atomic E-state index is 2.36. The highest BCUT2D eigenvalue weighted by molar-refractivity contribution is 4.93. The number of hydrogen-bond acceptors (Lipinski definition) is 1. The molecule has 0 saturated heterocycles. The largest absolute Gasteiger partial charge is 0.307 e. The molecule has 0 aromatic rings. The second kappa shape index (κ2) is 9.01. The van der Waals surface area contributed by atoms with Crippen molar-refractivity contribution in [2.75, 3.05) is 20.1 Å². The van der Waals surface area contributed by atoms with Gasteiger partial charge in [-0.05, 0) is 45.8 Å². The van der Waals surface area contributed by atoms with Crippen LogP contribution in [-0.4, -0.2) is 25.0 Å². The lowest BCUT2D eigenvalue weighted by atomic mass is 10.1. The Morgan fingerprint density at radius 3 is 2.57 bits per heavy atom. The maximum atomic E-state index is 2.36. The van der Waals surface area contributed by atoms with Crippen LogP contribution in [0.5, 0.6) is 0 Å². The highest BCUT2D eigenvalue weighted by atomic mass is 15.1. The summed E-state index contributed by atoms with van der Waals surface area (Å²) in [6.45, 7) is 8.90. The fourth-order valence-electron chi connectivity index (χ4n) is 1.20. The zero-order valence-corrected chi connectivity index (χ0v) is 10.2. The smallest absolute Gasteiger partial charge is 0.00164 e. The Bertz CT molecular complexity index is 170. The molecule has 82 valence electrons. The average molecular weight is 195 g/mol. The van der Waals surface area contributed by atoms with E-state index in [1.165, 1.54) is 13.0 Å². The first-order chi connectivity index (χ1) is 6.70. The SMILES string of the molecule is C/C=C\C/C=C\C(C)CCN(C)CC. The van der Waals surface area contributed by atoms with Crippen LogP contribution in [0.15, 0.2) is 24.3 Å². The van der Waals surface area contributed by atoms with Crippen LogP contribution in [0.1, 0.15) is 33.6 Å². The molecule has 0 spiro atoms. The minimum Gasteiger partial charge on any atom is -0.307 e. The van der Waals surface area contributed by atoms with Crippen LogP contribution in [0.4, 0.5) is 0 Å².